The van der Waals surface area contributed by atoms with E-state index in [2.05, 4.69) is 15.2 Å². The van der Waals surface area contributed by atoms with Crippen LogP contribution in [-0.4, -0.2) is 39.1 Å². The fourth-order valence-electron chi connectivity index (χ4n) is 6.42. The van der Waals surface area contributed by atoms with Crippen LogP contribution in [0, 0.1) is 16.0 Å². The Morgan fingerprint density at radius 3 is 2.80 bits per heavy atom. The second-order valence-electron chi connectivity index (χ2n) is 9.25. The van der Waals surface area contributed by atoms with Gasteiger partial charge >= 0.3 is 0 Å². The minimum absolute atomic E-state index is 0.0450. The molecule has 4 heterocycles. The molecule has 4 atom stereocenters. The van der Waals surface area contributed by atoms with Crippen molar-refractivity contribution in [3.8, 4) is 0 Å². The van der Waals surface area contributed by atoms with Crippen LogP contribution in [0.5, 0.6) is 0 Å². The second-order valence-corrected chi connectivity index (χ2v) is 9.68. The number of aromatic nitrogens is 1. The molecule has 3 aromatic rings. The molecule has 3 aliphatic rings. The zero-order chi connectivity index (χ0) is 24.3. The lowest BCUT2D eigenvalue weighted by Crippen LogP contribution is -2.53. The Morgan fingerprint density at radius 2 is 2.03 bits per heavy atom. The molecule has 2 aromatic carbocycles. The van der Waals surface area contributed by atoms with Gasteiger partial charge in [-0.3, -0.25) is 29.6 Å². The standard InChI is InChI=1S/C26H21ClN4O4/c27-16-9-10-19-18(14-16)26(25(33)29-19)23(24(32)20-7-1-2-11-28-20)22(21-8-4-12-30(21)26)15-5-3-6-17(13-15)31(34)35/h1-3,5-7,9-11,13-14,21-23H,4,8,12H2,(H,29,33)/t21-,22-,23-,26+/m0/s1. The highest BCUT2D eigenvalue weighted by atomic mass is 35.5. The van der Waals surface area contributed by atoms with Crippen molar-refractivity contribution in [1.29, 1.82) is 0 Å². The van der Waals surface area contributed by atoms with Crippen molar-refractivity contribution >= 4 is 34.7 Å². The number of benzene rings is 2. The van der Waals surface area contributed by atoms with Crippen molar-refractivity contribution in [2.75, 3.05) is 11.9 Å². The number of nitrogens with zero attached hydrogens (tertiary/aromatic N) is 3. The molecule has 0 radical (unpaired) electrons. The predicted octanol–water partition coefficient (Wildman–Crippen LogP) is 4.55. The molecule has 35 heavy (non-hydrogen) atoms. The highest BCUT2D eigenvalue weighted by Crippen LogP contribution is 2.61. The molecule has 1 amide bonds. The Hall–Kier alpha value is -3.62. The van der Waals surface area contributed by atoms with Crippen LogP contribution in [-0.2, 0) is 10.3 Å². The Balaban J connectivity index is 1.63. The second kappa shape index (κ2) is 7.96. The van der Waals surface area contributed by atoms with Crippen LogP contribution >= 0.6 is 11.6 Å². The van der Waals surface area contributed by atoms with Crippen molar-refractivity contribution < 1.29 is 14.5 Å². The number of non-ortho nitro benzene ring substituents is 1. The number of hydrogen-bond acceptors (Lipinski definition) is 6. The molecule has 0 unspecified atom stereocenters. The number of carbonyl (C=O) groups is 2. The van der Waals surface area contributed by atoms with Crippen LogP contribution in [0.25, 0.3) is 0 Å². The first kappa shape index (κ1) is 21.9. The molecule has 2 saturated heterocycles. The summed E-state index contributed by atoms with van der Waals surface area (Å²) in [6.07, 6.45) is 3.17. The number of pyridine rings is 1. The summed E-state index contributed by atoms with van der Waals surface area (Å²) in [4.78, 5) is 45.7. The van der Waals surface area contributed by atoms with E-state index in [0.29, 0.717) is 28.4 Å². The molecule has 6 rings (SSSR count). The number of fused-ring (bicyclic) bond motifs is 4. The molecule has 176 valence electrons. The highest BCUT2D eigenvalue weighted by Gasteiger charge is 2.69. The largest absolute Gasteiger partial charge is 0.324 e. The lowest BCUT2D eigenvalue weighted by atomic mass is 9.69. The van der Waals surface area contributed by atoms with Gasteiger partial charge in [0.05, 0.1) is 10.8 Å². The average Bonchev–Trinajstić information content (AvgIpc) is 3.52. The number of carbonyl (C=O) groups excluding carboxylic acids is 2. The van der Waals surface area contributed by atoms with Crippen LogP contribution in [0.1, 0.15) is 40.4 Å². The molecule has 8 nitrogen and oxygen atoms in total. The normalized spacial score (nSPS) is 27.0. The number of hydrogen-bond donors (Lipinski definition) is 1. The molecule has 2 fully saturated rings. The zero-order valence-electron chi connectivity index (χ0n) is 18.6. The van der Waals surface area contributed by atoms with E-state index in [1.54, 1.807) is 48.7 Å². The lowest BCUT2D eigenvalue weighted by Gasteiger charge is -2.36. The first-order chi connectivity index (χ1) is 16.9. The molecular formula is C26H21ClN4O4. The molecular weight excluding hydrogens is 468 g/mol. The molecule has 1 aromatic heterocycles. The quantitative estimate of drug-likeness (QED) is 0.328. The Kier molecular flexibility index (Phi) is 4.98. The maximum absolute atomic E-state index is 14.2. The van der Waals surface area contributed by atoms with Gasteiger partial charge in [0.15, 0.2) is 5.78 Å². The number of halogens is 1. The minimum atomic E-state index is -1.29. The SMILES string of the molecule is O=C(c1ccccn1)[C@@H]1[C@@H](c2cccc([N+](=O)[O-])c2)[C@@H]2CCCN2[C@@]12C(=O)Nc1ccc(Cl)cc12. The van der Waals surface area contributed by atoms with Gasteiger partial charge in [0.25, 0.3) is 5.69 Å². The molecule has 9 heteroatoms. The number of nitro groups is 1. The fourth-order valence-corrected chi connectivity index (χ4v) is 6.59. The predicted molar refractivity (Wildman–Crippen MR) is 129 cm³/mol. The number of ketones is 1. The van der Waals surface area contributed by atoms with Crippen molar-refractivity contribution in [2.24, 2.45) is 5.92 Å². The van der Waals surface area contributed by atoms with Crippen LogP contribution in [0.3, 0.4) is 0 Å². The third kappa shape index (κ3) is 3.06. The van der Waals surface area contributed by atoms with Crippen LogP contribution < -0.4 is 5.32 Å². The first-order valence-corrected chi connectivity index (χ1v) is 11.9. The van der Waals surface area contributed by atoms with E-state index < -0.39 is 22.3 Å². The van der Waals surface area contributed by atoms with Crippen molar-refractivity contribution in [2.45, 2.75) is 30.3 Å². The molecule has 1 N–H and O–H groups in total. The summed E-state index contributed by atoms with van der Waals surface area (Å²) < 4.78 is 0. The van der Waals surface area contributed by atoms with Gasteiger partial charge in [-0.2, -0.15) is 0 Å². The lowest BCUT2D eigenvalue weighted by molar-refractivity contribution is -0.384. The number of rotatable bonds is 4. The summed E-state index contributed by atoms with van der Waals surface area (Å²) in [7, 11) is 0. The molecule has 0 aliphatic carbocycles. The van der Waals surface area contributed by atoms with Gasteiger partial charge in [-0.1, -0.05) is 29.8 Å². The smallest absolute Gasteiger partial charge is 0.269 e. The number of nitro benzene ring substituents is 1. The van der Waals surface area contributed by atoms with Gasteiger partial charge in [0, 0.05) is 46.6 Å². The Labute approximate surface area is 206 Å². The first-order valence-electron chi connectivity index (χ1n) is 11.5. The maximum Gasteiger partial charge on any atom is 0.269 e. The van der Waals surface area contributed by atoms with E-state index in [0.717, 1.165) is 12.8 Å². The van der Waals surface area contributed by atoms with Crippen LogP contribution in [0.4, 0.5) is 11.4 Å². The zero-order valence-corrected chi connectivity index (χ0v) is 19.3. The number of nitrogens with one attached hydrogen (secondary N) is 1. The van der Waals surface area contributed by atoms with E-state index in [1.807, 2.05) is 6.07 Å². The summed E-state index contributed by atoms with van der Waals surface area (Å²) in [6, 6.07) is 16.6. The molecule has 0 bridgehead atoms. The monoisotopic (exact) mass is 488 g/mol. The third-order valence-electron chi connectivity index (χ3n) is 7.63. The van der Waals surface area contributed by atoms with Crippen molar-refractivity contribution in [3.05, 3.63) is 98.8 Å². The summed E-state index contributed by atoms with van der Waals surface area (Å²) >= 11 is 6.40. The topological polar surface area (TPSA) is 105 Å². The maximum atomic E-state index is 14.2. The van der Waals surface area contributed by atoms with Crippen molar-refractivity contribution in [1.82, 2.24) is 9.88 Å². The van der Waals surface area contributed by atoms with Gasteiger partial charge in [-0.05, 0) is 55.3 Å². The molecule has 3 aliphatic heterocycles. The minimum Gasteiger partial charge on any atom is -0.324 e. The fraction of sp³-hybridized carbons (Fsp3) is 0.269. The number of Topliss-reactive ketones (excluding diaryl/α,β-unsaturated/α-hetero) is 1. The Morgan fingerprint density at radius 1 is 1.17 bits per heavy atom. The summed E-state index contributed by atoms with van der Waals surface area (Å²) in [6.45, 7) is 0.626. The van der Waals surface area contributed by atoms with Gasteiger partial charge in [-0.25, -0.2) is 0 Å². The van der Waals surface area contributed by atoms with E-state index in [-0.39, 0.29) is 29.1 Å². The average molecular weight is 489 g/mol. The summed E-state index contributed by atoms with van der Waals surface area (Å²) in [5, 5.41) is 15.0. The van der Waals surface area contributed by atoms with Crippen LogP contribution in [0.2, 0.25) is 5.02 Å². The summed E-state index contributed by atoms with van der Waals surface area (Å²) in [5.41, 5.74) is 0.900. The van der Waals surface area contributed by atoms with Crippen LogP contribution in [0.15, 0.2) is 66.9 Å². The van der Waals surface area contributed by atoms with Gasteiger partial charge in [0.2, 0.25) is 5.91 Å². The summed E-state index contributed by atoms with van der Waals surface area (Å²) in [5.74, 6) is -1.82. The van der Waals surface area contributed by atoms with Gasteiger partial charge in [0.1, 0.15) is 11.2 Å². The van der Waals surface area contributed by atoms with Gasteiger partial charge in [-0.15, -0.1) is 0 Å². The van der Waals surface area contributed by atoms with E-state index in [9.17, 15) is 19.7 Å². The van der Waals surface area contributed by atoms with Crippen molar-refractivity contribution in [3.63, 3.8) is 0 Å². The molecule has 0 saturated carbocycles. The number of amides is 1. The van der Waals surface area contributed by atoms with E-state index in [4.69, 9.17) is 11.6 Å². The Bertz CT molecular complexity index is 1380. The highest BCUT2D eigenvalue weighted by molar-refractivity contribution is 6.31. The van der Waals surface area contributed by atoms with E-state index in [1.165, 1.54) is 12.1 Å². The number of anilines is 1. The van der Waals surface area contributed by atoms with E-state index >= 15 is 0 Å². The third-order valence-corrected chi connectivity index (χ3v) is 7.86. The van der Waals surface area contributed by atoms with Gasteiger partial charge < -0.3 is 5.32 Å². The molecule has 1 spiro atoms.